The predicted molar refractivity (Wildman–Crippen MR) is 80.7 cm³/mol. The Morgan fingerprint density at radius 1 is 1.33 bits per heavy atom. The fraction of sp³-hybridized carbons (Fsp3) is 0.333. The van der Waals surface area contributed by atoms with E-state index in [4.69, 9.17) is 16.3 Å². The fourth-order valence-electron chi connectivity index (χ4n) is 2.26. The van der Waals surface area contributed by atoms with Crippen LogP contribution >= 0.6 is 11.6 Å². The Morgan fingerprint density at radius 3 is 2.81 bits per heavy atom. The van der Waals surface area contributed by atoms with Gasteiger partial charge in [-0.05, 0) is 24.1 Å². The number of aliphatic hydroxyl groups excluding tert-OH is 1. The monoisotopic (exact) mass is 305 g/mol. The molecule has 110 valence electrons. The van der Waals surface area contributed by atoms with Crippen LogP contribution in [0.5, 0.6) is 5.75 Å². The van der Waals surface area contributed by atoms with Gasteiger partial charge in [0.2, 0.25) is 5.95 Å². The Hall–Kier alpha value is -1.85. The Labute approximate surface area is 128 Å². The first kappa shape index (κ1) is 14.1. The molecule has 0 saturated carbocycles. The van der Waals surface area contributed by atoms with Crippen molar-refractivity contribution in [3.63, 3.8) is 0 Å². The second-order valence-corrected chi connectivity index (χ2v) is 5.46. The fourth-order valence-corrected chi connectivity index (χ4v) is 2.48. The van der Waals surface area contributed by atoms with Gasteiger partial charge >= 0.3 is 0 Å². The molecule has 1 N–H and O–H groups in total. The van der Waals surface area contributed by atoms with Crippen LogP contribution in [0.4, 0.5) is 5.95 Å². The summed E-state index contributed by atoms with van der Waals surface area (Å²) in [5.41, 5.74) is 0.995. The first-order valence-electron chi connectivity index (χ1n) is 6.83. The number of β-amino-alcohol motifs (C(OH)–C–C–N with tert-alkyl or cyclic N) is 1. The topological polar surface area (TPSA) is 58.5 Å². The quantitative estimate of drug-likeness (QED) is 0.939. The highest BCUT2D eigenvalue weighted by Gasteiger charge is 2.22. The number of rotatable bonds is 4. The highest BCUT2D eigenvalue weighted by Crippen LogP contribution is 2.18. The molecular formula is C15H16ClN3O2. The van der Waals surface area contributed by atoms with E-state index in [1.165, 1.54) is 0 Å². The van der Waals surface area contributed by atoms with Gasteiger partial charge in [0.15, 0.2) is 5.75 Å². The molecule has 3 rings (SSSR count). The summed E-state index contributed by atoms with van der Waals surface area (Å²) in [5.74, 6) is 1.24. The normalized spacial score (nSPS) is 18.0. The number of aromatic nitrogens is 2. The summed E-state index contributed by atoms with van der Waals surface area (Å²) in [5, 5.41) is 10.2. The summed E-state index contributed by atoms with van der Waals surface area (Å²) in [6.07, 6.45) is 3.78. The molecule has 1 aliphatic rings. The zero-order valence-electron chi connectivity index (χ0n) is 11.4. The summed E-state index contributed by atoms with van der Waals surface area (Å²) in [7, 11) is 0. The van der Waals surface area contributed by atoms with Gasteiger partial charge in [0.25, 0.3) is 0 Å². The van der Waals surface area contributed by atoms with Crippen LogP contribution in [0.3, 0.4) is 0 Å². The first-order valence-corrected chi connectivity index (χ1v) is 7.21. The van der Waals surface area contributed by atoms with Crippen molar-refractivity contribution in [2.75, 3.05) is 18.0 Å². The van der Waals surface area contributed by atoms with Crippen molar-refractivity contribution in [3.05, 3.63) is 47.2 Å². The lowest BCUT2D eigenvalue weighted by atomic mass is 10.2. The molecule has 2 heterocycles. The lowest BCUT2D eigenvalue weighted by molar-refractivity contribution is 0.198. The molecule has 0 amide bonds. The van der Waals surface area contributed by atoms with E-state index in [-0.39, 0.29) is 6.10 Å². The van der Waals surface area contributed by atoms with Crippen molar-refractivity contribution in [2.24, 2.45) is 0 Å². The minimum absolute atomic E-state index is 0.285. The van der Waals surface area contributed by atoms with Crippen LogP contribution < -0.4 is 9.64 Å². The number of nitrogens with zero attached hydrogens (tertiary/aromatic N) is 3. The van der Waals surface area contributed by atoms with E-state index < -0.39 is 0 Å². The molecule has 2 aromatic rings. The Bertz CT molecular complexity index is 606. The van der Waals surface area contributed by atoms with Crippen molar-refractivity contribution >= 4 is 17.5 Å². The number of hydrogen-bond donors (Lipinski definition) is 1. The summed E-state index contributed by atoms with van der Waals surface area (Å²) < 4.78 is 5.63. The van der Waals surface area contributed by atoms with Gasteiger partial charge in [-0.3, -0.25) is 0 Å². The van der Waals surface area contributed by atoms with Crippen molar-refractivity contribution in [3.8, 4) is 5.75 Å². The van der Waals surface area contributed by atoms with Gasteiger partial charge in [-0.15, -0.1) is 0 Å². The van der Waals surface area contributed by atoms with E-state index in [9.17, 15) is 5.11 Å². The third-order valence-corrected chi connectivity index (χ3v) is 3.59. The Balaban J connectivity index is 1.59. The molecule has 1 aromatic carbocycles. The van der Waals surface area contributed by atoms with E-state index >= 15 is 0 Å². The third-order valence-electron chi connectivity index (χ3n) is 3.36. The Morgan fingerprint density at radius 2 is 2.14 bits per heavy atom. The molecule has 1 aliphatic heterocycles. The second-order valence-electron chi connectivity index (χ2n) is 5.03. The van der Waals surface area contributed by atoms with Gasteiger partial charge < -0.3 is 14.7 Å². The van der Waals surface area contributed by atoms with Crippen molar-refractivity contribution < 1.29 is 9.84 Å². The maximum absolute atomic E-state index is 9.52. The van der Waals surface area contributed by atoms with Crippen LogP contribution in [0.25, 0.3) is 0 Å². The van der Waals surface area contributed by atoms with Crippen LogP contribution in [0, 0.1) is 0 Å². The van der Waals surface area contributed by atoms with E-state index in [1.807, 2.05) is 29.2 Å². The molecule has 1 fully saturated rings. The van der Waals surface area contributed by atoms with Gasteiger partial charge in [-0.1, -0.05) is 23.7 Å². The van der Waals surface area contributed by atoms with E-state index in [0.717, 1.165) is 18.5 Å². The standard InChI is InChI=1S/C15H16ClN3O2/c16-12-3-1-2-11(6-12)10-21-14-7-17-15(18-8-14)19-5-4-13(20)9-19/h1-3,6-8,13,20H,4-5,9-10H2/t13-/m1/s1. The van der Waals surface area contributed by atoms with Crippen LogP contribution in [-0.4, -0.2) is 34.3 Å². The summed E-state index contributed by atoms with van der Waals surface area (Å²) in [6, 6.07) is 7.53. The highest BCUT2D eigenvalue weighted by molar-refractivity contribution is 6.30. The second kappa shape index (κ2) is 6.28. The average molecular weight is 306 g/mol. The molecule has 5 nitrogen and oxygen atoms in total. The summed E-state index contributed by atoms with van der Waals surface area (Å²) in [6.45, 7) is 1.79. The maximum atomic E-state index is 9.52. The van der Waals surface area contributed by atoms with Gasteiger partial charge in [-0.2, -0.15) is 0 Å². The molecule has 0 radical (unpaired) electrons. The number of benzene rings is 1. The zero-order chi connectivity index (χ0) is 14.7. The average Bonchev–Trinajstić information content (AvgIpc) is 2.92. The molecule has 0 unspecified atom stereocenters. The molecule has 1 saturated heterocycles. The number of halogens is 1. The number of anilines is 1. The first-order chi connectivity index (χ1) is 10.2. The minimum atomic E-state index is -0.285. The highest BCUT2D eigenvalue weighted by atomic mass is 35.5. The molecule has 6 heteroatoms. The van der Waals surface area contributed by atoms with Crippen molar-refractivity contribution in [1.82, 2.24) is 9.97 Å². The lowest BCUT2D eigenvalue weighted by Gasteiger charge is -2.15. The van der Waals surface area contributed by atoms with Gasteiger partial charge in [-0.25, -0.2) is 9.97 Å². The van der Waals surface area contributed by atoms with E-state index in [0.29, 0.717) is 29.9 Å². The largest absolute Gasteiger partial charge is 0.486 e. The third kappa shape index (κ3) is 3.62. The number of hydrogen-bond acceptors (Lipinski definition) is 5. The van der Waals surface area contributed by atoms with Crippen LogP contribution in [0.15, 0.2) is 36.7 Å². The molecule has 1 aromatic heterocycles. The number of ether oxygens (including phenoxy) is 1. The van der Waals surface area contributed by atoms with Crippen LogP contribution in [-0.2, 0) is 6.61 Å². The SMILES string of the molecule is O[C@@H]1CCN(c2ncc(OCc3cccc(Cl)c3)cn2)C1. The molecule has 0 bridgehead atoms. The van der Waals surface area contributed by atoms with Gasteiger partial charge in [0.1, 0.15) is 6.61 Å². The van der Waals surface area contributed by atoms with Crippen molar-refractivity contribution in [1.29, 1.82) is 0 Å². The van der Waals surface area contributed by atoms with E-state index in [2.05, 4.69) is 9.97 Å². The van der Waals surface area contributed by atoms with Gasteiger partial charge in [0, 0.05) is 18.1 Å². The molecule has 0 aliphatic carbocycles. The molecule has 1 atom stereocenters. The van der Waals surface area contributed by atoms with Crippen LogP contribution in [0.1, 0.15) is 12.0 Å². The maximum Gasteiger partial charge on any atom is 0.225 e. The van der Waals surface area contributed by atoms with Gasteiger partial charge in [0.05, 0.1) is 18.5 Å². The Kier molecular flexibility index (Phi) is 4.22. The molecule has 0 spiro atoms. The molecular weight excluding hydrogens is 290 g/mol. The summed E-state index contributed by atoms with van der Waals surface area (Å²) >= 11 is 5.93. The van der Waals surface area contributed by atoms with Crippen LogP contribution in [0.2, 0.25) is 5.02 Å². The lowest BCUT2D eigenvalue weighted by Crippen LogP contribution is -2.23. The minimum Gasteiger partial charge on any atom is -0.486 e. The smallest absolute Gasteiger partial charge is 0.225 e. The predicted octanol–water partition coefficient (Wildman–Crippen LogP) is 2.28. The number of aliphatic hydroxyl groups is 1. The molecule has 21 heavy (non-hydrogen) atoms. The zero-order valence-corrected chi connectivity index (χ0v) is 12.2. The van der Waals surface area contributed by atoms with Crippen molar-refractivity contribution in [2.45, 2.75) is 19.1 Å². The summed E-state index contributed by atoms with van der Waals surface area (Å²) in [4.78, 5) is 10.5. The van der Waals surface area contributed by atoms with E-state index in [1.54, 1.807) is 12.4 Å².